The van der Waals surface area contributed by atoms with Crippen molar-refractivity contribution in [2.24, 2.45) is 0 Å². The number of carboxylic acid groups (broad SMARTS) is 4. The summed E-state index contributed by atoms with van der Waals surface area (Å²) in [6.07, 6.45) is -3.36. The van der Waals surface area contributed by atoms with Gasteiger partial charge in [0, 0.05) is 94.4 Å². The molecule has 100 heavy (non-hydrogen) atoms. The van der Waals surface area contributed by atoms with Crippen molar-refractivity contribution >= 4 is 64.3 Å². The number of hydrogen-bond donors (Lipinski definition) is 16. The minimum Gasteiger partial charge on any atom is -0.507 e. The summed E-state index contributed by atoms with van der Waals surface area (Å²) in [4.78, 5) is 57.9. The Morgan fingerprint density at radius 3 is 0.610 bits per heavy atom. The third-order valence-corrected chi connectivity index (χ3v) is 24.8. The molecule has 4 saturated heterocycles. The molecule has 32 nitrogen and oxygen atoms in total. The zero-order valence-corrected chi connectivity index (χ0v) is 58.3. The smallest absolute Gasteiger partial charge is 0.323 e. The Kier molecular flexibility index (Phi) is 21.3. The fourth-order valence-electron chi connectivity index (χ4n) is 15.6. The summed E-state index contributed by atoms with van der Waals surface area (Å²) in [6.45, 7) is 1.93. The summed E-state index contributed by atoms with van der Waals surface area (Å²) in [5.74, 6) is -27.2. The molecule has 1 aliphatic carbocycles. The van der Waals surface area contributed by atoms with Crippen LogP contribution in [0.3, 0.4) is 0 Å². The average molecular weight is 1490 g/mol. The van der Waals surface area contributed by atoms with Crippen LogP contribution in [0.1, 0.15) is 195 Å². The number of hydrogen-bond acceptors (Lipinski definition) is 24. The van der Waals surface area contributed by atoms with Crippen molar-refractivity contribution in [1.29, 1.82) is 0 Å². The molecule has 4 fully saturated rings. The lowest BCUT2D eigenvalue weighted by Gasteiger charge is -2.35. The van der Waals surface area contributed by atoms with Crippen LogP contribution in [0, 0.1) is 0 Å². The summed E-state index contributed by atoms with van der Waals surface area (Å²) >= 11 is 0. The van der Waals surface area contributed by atoms with Crippen molar-refractivity contribution < 1.29 is 132 Å². The fraction of sp³-hybridized carbons (Fsp3) is 0.562. The van der Waals surface area contributed by atoms with E-state index in [2.05, 4.69) is 0 Å². The highest BCUT2D eigenvalue weighted by molar-refractivity contribution is 7.86. The lowest BCUT2D eigenvalue weighted by Crippen LogP contribution is -2.47. The van der Waals surface area contributed by atoms with Crippen molar-refractivity contribution in [1.82, 2.24) is 19.6 Å². The number of fused-ring (bicyclic) bond motifs is 8. The number of aromatic hydroxyl groups is 8. The van der Waals surface area contributed by atoms with Gasteiger partial charge in [0.15, 0.2) is 0 Å². The van der Waals surface area contributed by atoms with E-state index in [0.717, 1.165) is 24.3 Å². The van der Waals surface area contributed by atoms with Gasteiger partial charge in [0.05, 0.1) is 45.3 Å². The molecule has 0 spiro atoms. The Hall–Kier alpha value is -7.36. The highest BCUT2D eigenvalue weighted by Gasteiger charge is 2.50. The molecule has 36 heteroatoms. The number of rotatable bonds is 24. The molecule has 4 heterocycles. The Labute approximate surface area is 576 Å². The van der Waals surface area contributed by atoms with Gasteiger partial charge in [0.2, 0.25) is 0 Å². The first kappa shape index (κ1) is 76.8. The lowest BCUT2D eigenvalue weighted by molar-refractivity contribution is -0.149. The molecule has 0 amide bonds. The lowest BCUT2D eigenvalue weighted by atomic mass is 9.75. The zero-order valence-electron chi connectivity index (χ0n) is 55.1. The monoisotopic (exact) mass is 1480 g/mol. The van der Waals surface area contributed by atoms with E-state index in [-0.39, 0.29) is 77.5 Å². The van der Waals surface area contributed by atoms with E-state index >= 15 is 0 Å². The van der Waals surface area contributed by atoms with Gasteiger partial charge in [-0.05, 0) is 155 Å². The van der Waals surface area contributed by atoms with Crippen LogP contribution in [0.2, 0.25) is 0 Å². The van der Waals surface area contributed by atoms with Crippen LogP contribution in [-0.2, 0) is 85.8 Å². The standard InChI is InChI=1S/C64H84N4O28S4/c1-61(57(77)78)13-5-17-65(61)29-45-49(69)37-25-38(50(45)70)34(10-22-98(88,89)90)40-27-42(54(74)47(52(40)72)31-67-19-7-15-63(67,3)59(81)82)36(12-24-100(94,95)96)44-28-43(55(75)48(56(44)76)32-68-20-8-16-64(68,4)60(83)84)35(11-23-99(91,92)93)41-26-39(33(37)9-21-97(85,86)87)51(71)46(53(41)73)30-66-18-6-14-62(66,2)58(79)80/h25-28,33-36,69-76H,5-24,29-32H2,1-4H3,(H,77,78)(H,79,80)(H,81,82)(H,83,84)(H,85,86,87)(H,88,89,90)(H,91,92,93)(H,94,95,96). The van der Waals surface area contributed by atoms with E-state index in [4.69, 9.17) is 0 Å². The minimum absolute atomic E-state index is 0.0355. The Morgan fingerprint density at radius 2 is 0.480 bits per heavy atom. The maximum absolute atomic E-state index is 13.2. The van der Waals surface area contributed by atoms with Crippen molar-refractivity contribution in [3.63, 3.8) is 0 Å². The summed E-state index contributed by atoms with van der Waals surface area (Å²) in [5.41, 5.74) is -14.6. The molecule has 552 valence electrons. The van der Waals surface area contributed by atoms with E-state index in [1.54, 1.807) is 0 Å². The van der Waals surface area contributed by atoms with E-state index < -0.39 is 298 Å². The molecule has 5 aliphatic rings. The van der Waals surface area contributed by atoms with Crippen LogP contribution in [0.15, 0.2) is 24.3 Å². The number of nitrogens with zero attached hydrogens (tertiary/aromatic N) is 4. The number of aliphatic carboxylic acids is 4. The van der Waals surface area contributed by atoms with Gasteiger partial charge in [0.25, 0.3) is 40.5 Å². The van der Waals surface area contributed by atoms with Crippen LogP contribution < -0.4 is 0 Å². The average Bonchev–Trinajstić information content (AvgIpc) is 1.30. The second-order valence-electron chi connectivity index (χ2n) is 27.8. The molecule has 8 bridgehead atoms. The van der Waals surface area contributed by atoms with Crippen LogP contribution in [-0.4, -0.2) is 228 Å². The number of benzene rings is 4. The molecule has 4 atom stereocenters. The van der Waals surface area contributed by atoms with E-state index in [1.807, 2.05) is 0 Å². The van der Waals surface area contributed by atoms with Crippen molar-refractivity contribution in [2.45, 2.75) is 177 Å². The van der Waals surface area contributed by atoms with Crippen LogP contribution in [0.5, 0.6) is 46.0 Å². The maximum atomic E-state index is 13.2. The molecule has 4 aromatic carbocycles. The first-order chi connectivity index (χ1) is 46.2. The molecular formula is C64H84N4O28S4. The fourth-order valence-corrected chi connectivity index (χ4v) is 17.7. The molecule has 0 radical (unpaired) electrons. The van der Waals surface area contributed by atoms with Crippen molar-refractivity contribution in [3.8, 4) is 46.0 Å². The predicted octanol–water partition coefficient (Wildman–Crippen LogP) is 5.04. The minimum atomic E-state index is -5.21. The van der Waals surface area contributed by atoms with Crippen molar-refractivity contribution in [2.75, 3.05) is 49.2 Å². The van der Waals surface area contributed by atoms with Crippen LogP contribution >= 0.6 is 0 Å². The predicted molar refractivity (Wildman–Crippen MR) is 353 cm³/mol. The van der Waals surface area contributed by atoms with Gasteiger partial charge in [-0.1, -0.05) is 0 Å². The summed E-state index contributed by atoms with van der Waals surface area (Å²) in [5, 5.41) is 148. The third kappa shape index (κ3) is 15.0. The highest BCUT2D eigenvalue weighted by atomic mass is 32.2. The number of phenols is 8. The largest absolute Gasteiger partial charge is 0.507 e. The van der Waals surface area contributed by atoms with Gasteiger partial charge in [-0.2, -0.15) is 33.7 Å². The normalized spacial score (nSPS) is 25.8. The van der Waals surface area contributed by atoms with Crippen LogP contribution in [0.25, 0.3) is 0 Å². The van der Waals surface area contributed by atoms with Gasteiger partial charge >= 0.3 is 23.9 Å². The van der Waals surface area contributed by atoms with Gasteiger partial charge in [-0.25, -0.2) is 0 Å². The van der Waals surface area contributed by atoms with E-state index in [1.165, 1.54) is 47.3 Å². The molecule has 0 saturated carbocycles. The summed E-state index contributed by atoms with van der Waals surface area (Å²) in [7, 11) is -20.9. The highest BCUT2D eigenvalue weighted by Crippen LogP contribution is 2.57. The molecule has 4 aromatic rings. The molecular weight excluding hydrogens is 1400 g/mol. The van der Waals surface area contributed by atoms with Crippen LogP contribution in [0.4, 0.5) is 0 Å². The molecule has 4 aliphatic heterocycles. The third-order valence-electron chi connectivity index (χ3n) is 21.8. The van der Waals surface area contributed by atoms with Gasteiger partial charge < -0.3 is 61.3 Å². The number of carboxylic acids is 4. The Balaban J connectivity index is 1.56. The second-order valence-corrected chi connectivity index (χ2v) is 34.1. The SMILES string of the molecule is CC1(C(=O)O)CCCN1Cc1c(O)c2cc(c1O)C(CCS(=O)(=O)O)c1cc(c(O)c(CN3CCCC3(C)C(=O)O)c1O)C(CCS(=O)(=O)O)c1cc(c(O)c(CN3CCCC3(C)C(=O)O)c1O)C(CCS(=O)(=O)O)c1cc(c(O)c(CN3CCCC3(C)C(=O)O)c1O)C2CCS(=O)(=O)O. The number of carbonyl (C=O) groups is 4. The number of phenolic OH excluding ortho intramolecular Hbond substituents is 8. The van der Waals surface area contributed by atoms with Gasteiger partial charge in [-0.3, -0.25) is 57.0 Å². The maximum Gasteiger partial charge on any atom is 0.323 e. The first-order valence-corrected chi connectivity index (χ1v) is 38.7. The molecule has 4 unspecified atom stereocenters. The molecule has 0 aromatic heterocycles. The molecule has 16 N–H and O–H groups in total. The van der Waals surface area contributed by atoms with E-state index in [0.29, 0.717) is 0 Å². The topological polar surface area (TPSA) is 541 Å². The zero-order chi connectivity index (χ0) is 74.3. The first-order valence-electron chi connectivity index (χ1n) is 32.2. The van der Waals surface area contributed by atoms with Crippen molar-refractivity contribution in [3.05, 3.63) is 91.0 Å². The van der Waals surface area contributed by atoms with Gasteiger partial charge in [0.1, 0.15) is 68.2 Å². The number of likely N-dealkylation sites (tertiary alicyclic amines) is 4. The summed E-state index contributed by atoms with van der Waals surface area (Å²) < 4.78 is 148. The van der Waals surface area contributed by atoms with Gasteiger partial charge in [-0.15, -0.1) is 0 Å². The summed E-state index contributed by atoms with van der Waals surface area (Å²) in [6, 6.07) is 3.69. The van der Waals surface area contributed by atoms with E-state index in [9.17, 15) is 132 Å². The quantitative estimate of drug-likeness (QED) is 0.0408. The molecule has 9 rings (SSSR count). The Bertz CT molecular complexity index is 3790. The Morgan fingerprint density at radius 1 is 0.330 bits per heavy atom. The second kappa shape index (κ2) is 27.8.